The Balaban J connectivity index is 0.000000241. The van der Waals surface area contributed by atoms with Crippen LogP contribution in [0.25, 0.3) is 0 Å². The van der Waals surface area contributed by atoms with E-state index in [1.54, 1.807) is 0 Å². The molecule has 0 spiro atoms. The summed E-state index contributed by atoms with van der Waals surface area (Å²) in [6.07, 6.45) is 3.19. The minimum atomic E-state index is -0.0973. The fourth-order valence-corrected chi connectivity index (χ4v) is 1.000. The molecule has 0 aromatic heterocycles. The summed E-state index contributed by atoms with van der Waals surface area (Å²) in [5.74, 6) is 0. The number of hydrogen-bond acceptors (Lipinski definition) is 2. The van der Waals surface area contributed by atoms with Crippen LogP contribution in [-0.4, -0.2) is 6.17 Å². The highest BCUT2D eigenvalue weighted by molar-refractivity contribution is 6.30. The molecule has 4 N–H and O–H groups in total. The number of nitrogens with two attached hydrogens (primary N) is 2. The van der Waals surface area contributed by atoms with Gasteiger partial charge in [0.15, 0.2) is 0 Å². The lowest BCUT2D eigenvalue weighted by Gasteiger charge is -2.00. The SMILES string of the molecule is CCCCC(N)N.Clc1ccccc1. The number of unbranched alkanes of at least 4 members (excludes halogenated alkanes) is 1. The first-order chi connectivity index (χ1) is 6.66. The molecule has 0 fully saturated rings. The maximum Gasteiger partial charge on any atom is 0.0520 e. The molecule has 0 aliphatic heterocycles. The molecule has 80 valence electrons. The summed E-state index contributed by atoms with van der Waals surface area (Å²) in [5, 5.41) is 0.794. The normalized spacial score (nSPS) is 9.50. The molecule has 0 aliphatic rings. The minimum absolute atomic E-state index is 0.0973. The molecule has 1 aromatic carbocycles. The third kappa shape index (κ3) is 9.52. The molecule has 1 rings (SSSR count). The van der Waals surface area contributed by atoms with Crippen LogP contribution in [0.4, 0.5) is 0 Å². The Morgan fingerprint density at radius 2 is 1.79 bits per heavy atom. The molecule has 0 heterocycles. The molecule has 1 aromatic rings. The van der Waals surface area contributed by atoms with Gasteiger partial charge in [-0.05, 0) is 18.6 Å². The van der Waals surface area contributed by atoms with Crippen LogP contribution in [0.5, 0.6) is 0 Å². The summed E-state index contributed by atoms with van der Waals surface area (Å²) < 4.78 is 0. The van der Waals surface area contributed by atoms with Crippen molar-refractivity contribution < 1.29 is 0 Å². The van der Waals surface area contributed by atoms with Gasteiger partial charge in [0, 0.05) is 5.02 Å². The van der Waals surface area contributed by atoms with Crippen LogP contribution in [0.3, 0.4) is 0 Å². The van der Waals surface area contributed by atoms with Crippen molar-refractivity contribution in [3.05, 3.63) is 35.4 Å². The van der Waals surface area contributed by atoms with Crippen molar-refractivity contribution in [2.75, 3.05) is 0 Å². The average Bonchev–Trinajstić information content (AvgIpc) is 2.17. The van der Waals surface area contributed by atoms with Crippen LogP contribution in [0, 0.1) is 0 Å². The van der Waals surface area contributed by atoms with Gasteiger partial charge in [0.1, 0.15) is 0 Å². The molecule has 0 saturated carbocycles. The van der Waals surface area contributed by atoms with Crippen molar-refractivity contribution in [3.8, 4) is 0 Å². The molecular weight excluding hydrogens is 196 g/mol. The van der Waals surface area contributed by atoms with Crippen LogP contribution >= 0.6 is 11.6 Å². The Kier molecular flexibility index (Phi) is 8.64. The molecule has 0 unspecified atom stereocenters. The minimum Gasteiger partial charge on any atom is -0.316 e. The van der Waals surface area contributed by atoms with Crippen molar-refractivity contribution in [2.45, 2.75) is 32.4 Å². The van der Waals surface area contributed by atoms with Gasteiger partial charge < -0.3 is 11.5 Å². The second-order valence-corrected chi connectivity index (χ2v) is 3.54. The highest BCUT2D eigenvalue weighted by Crippen LogP contribution is 2.03. The fraction of sp³-hybridized carbons (Fsp3) is 0.455. The maximum absolute atomic E-state index is 5.54. The highest BCUT2D eigenvalue weighted by atomic mass is 35.5. The number of hydrogen-bond donors (Lipinski definition) is 2. The zero-order valence-corrected chi connectivity index (χ0v) is 9.37. The number of rotatable bonds is 3. The smallest absolute Gasteiger partial charge is 0.0520 e. The van der Waals surface area contributed by atoms with E-state index in [1.807, 2.05) is 30.3 Å². The monoisotopic (exact) mass is 214 g/mol. The Labute approximate surface area is 91.2 Å². The average molecular weight is 215 g/mol. The van der Waals surface area contributed by atoms with Crippen LogP contribution in [0.2, 0.25) is 5.02 Å². The maximum atomic E-state index is 5.54. The predicted molar refractivity (Wildman–Crippen MR) is 63.1 cm³/mol. The van der Waals surface area contributed by atoms with E-state index in [2.05, 4.69) is 6.92 Å². The first-order valence-corrected chi connectivity index (χ1v) is 5.26. The van der Waals surface area contributed by atoms with Crippen LogP contribution in [0.15, 0.2) is 30.3 Å². The van der Waals surface area contributed by atoms with E-state index in [0.29, 0.717) is 0 Å². The lowest BCUT2D eigenvalue weighted by atomic mass is 10.2. The van der Waals surface area contributed by atoms with E-state index >= 15 is 0 Å². The largest absolute Gasteiger partial charge is 0.316 e. The summed E-state index contributed by atoms with van der Waals surface area (Å²) in [5.41, 5.74) is 10.5. The van der Waals surface area contributed by atoms with Crippen LogP contribution in [0.1, 0.15) is 26.2 Å². The van der Waals surface area contributed by atoms with Gasteiger partial charge in [-0.1, -0.05) is 49.6 Å². The Bertz CT molecular complexity index is 212. The van der Waals surface area contributed by atoms with Gasteiger partial charge in [0.05, 0.1) is 6.17 Å². The summed E-state index contributed by atoms with van der Waals surface area (Å²) in [6, 6.07) is 9.44. The molecule has 0 amide bonds. The molecule has 0 radical (unpaired) electrons. The number of benzene rings is 1. The van der Waals surface area contributed by atoms with Crippen molar-refractivity contribution >= 4 is 11.6 Å². The Hall–Kier alpha value is -0.570. The second kappa shape index (κ2) is 9.00. The van der Waals surface area contributed by atoms with Gasteiger partial charge in [-0.15, -0.1) is 0 Å². The summed E-state index contributed by atoms with van der Waals surface area (Å²) in [7, 11) is 0. The summed E-state index contributed by atoms with van der Waals surface area (Å²) in [4.78, 5) is 0. The first kappa shape index (κ1) is 13.4. The van der Waals surface area contributed by atoms with E-state index in [4.69, 9.17) is 23.1 Å². The molecule has 2 nitrogen and oxygen atoms in total. The van der Waals surface area contributed by atoms with Gasteiger partial charge in [-0.25, -0.2) is 0 Å². The predicted octanol–water partition coefficient (Wildman–Crippen LogP) is 2.76. The molecule has 3 heteroatoms. The zero-order chi connectivity index (χ0) is 10.8. The van der Waals surface area contributed by atoms with E-state index in [0.717, 1.165) is 17.9 Å². The number of halogens is 1. The Morgan fingerprint density at radius 1 is 1.21 bits per heavy atom. The summed E-state index contributed by atoms with van der Waals surface area (Å²) in [6.45, 7) is 2.13. The zero-order valence-electron chi connectivity index (χ0n) is 8.62. The van der Waals surface area contributed by atoms with Crippen molar-refractivity contribution in [1.82, 2.24) is 0 Å². The topological polar surface area (TPSA) is 52.0 Å². The van der Waals surface area contributed by atoms with E-state index < -0.39 is 0 Å². The lowest BCUT2D eigenvalue weighted by molar-refractivity contribution is 0.595. The van der Waals surface area contributed by atoms with E-state index in [-0.39, 0.29) is 6.17 Å². The van der Waals surface area contributed by atoms with Gasteiger partial charge in [-0.3, -0.25) is 0 Å². The Morgan fingerprint density at radius 3 is 2.00 bits per heavy atom. The molecule has 0 aliphatic carbocycles. The molecule has 0 atom stereocenters. The standard InChI is InChI=1S/C6H5Cl.C5H14N2/c7-6-4-2-1-3-5-6;1-2-3-4-5(6)7/h1-5H;5H,2-4,6-7H2,1H3. The van der Waals surface area contributed by atoms with Crippen molar-refractivity contribution in [3.63, 3.8) is 0 Å². The van der Waals surface area contributed by atoms with Crippen LogP contribution in [-0.2, 0) is 0 Å². The highest BCUT2D eigenvalue weighted by Gasteiger charge is 1.88. The molecular formula is C11H19ClN2. The molecule has 14 heavy (non-hydrogen) atoms. The first-order valence-electron chi connectivity index (χ1n) is 4.88. The lowest BCUT2D eigenvalue weighted by Crippen LogP contribution is -2.29. The molecule has 0 saturated heterocycles. The third-order valence-electron chi connectivity index (χ3n) is 1.62. The van der Waals surface area contributed by atoms with Crippen LogP contribution < -0.4 is 11.5 Å². The van der Waals surface area contributed by atoms with Gasteiger partial charge >= 0.3 is 0 Å². The van der Waals surface area contributed by atoms with E-state index in [1.165, 1.54) is 6.42 Å². The summed E-state index contributed by atoms with van der Waals surface area (Å²) >= 11 is 5.54. The van der Waals surface area contributed by atoms with Crippen molar-refractivity contribution in [1.29, 1.82) is 0 Å². The fourth-order valence-electron chi connectivity index (χ4n) is 0.854. The quantitative estimate of drug-likeness (QED) is 0.761. The van der Waals surface area contributed by atoms with Crippen molar-refractivity contribution in [2.24, 2.45) is 11.5 Å². The third-order valence-corrected chi connectivity index (χ3v) is 1.88. The van der Waals surface area contributed by atoms with Gasteiger partial charge in [-0.2, -0.15) is 0 Å². The van der Waals surface area contributed by atoms with E-state index in [9.17, 15) is 0 Å². The second-order valence-electron chi connectivity index (χ2n) is 3.10. The van der Waals surface area contributed by atoms with Gasteiger partial charge in [0.25, 0.3) is 0 Å². The van der Waals surface area contributed by atoms with Gasteiger partial charge in [0.2, 0.25) is 0 Å². The molecule has 0 bridgehead atoms.